The first-order valence-electron chi connectivity index (χ1n) is 7.42. The van der Waals surface area contributed by atoms with Crippen LogP contribution in [0.15, 0.2) is 54.9 Å². The topological polar surface area (TPSA) is 83.6 Å². The molecule has 0 radical (unpaired) electrons. The zero-order valence-corrected chi connectivity index (χ0v) is 14.7. The number of nitrogens with one attached hydrogen (secondary N) is 1. The molecule has 0 fully saturated rings. The Bertz CT molecular complexity index is 1020. The molecule has 0 saturated heterocycles. The lowest BCUT2D eigenvalue weighted by atomic mass is 10.2. The largest absolute Gasteiger partial charge is 0.306 e. The predicted molar refractivity (Wildman–Crippen MR) is 100 cm³/mol. The van der Waals surface area contributed by atoms with Crippen LogP contribution in [0.25, 0.3) is 11.9 Å². The van der Waals surface area contributed by atoms with Gasteiger partial charge in [-0.25, -0.2) is 4.98 Å². The number of hydrogen-bond donors (Lipinski definition) is 1. The van der Waals surface area contributed by atoms with Crippen molar-refractivity contribution in [1.29, 1.82) is 5.26 Å². The summed E-state index contributed by atoms with van der Waals surface area (Å²) in [5, 5.41) is 16.8. The van der Waals surface area contributed by atoms with Crippen LogP contribution in [0.2, 0.25) is 10.0 Å². The van der Waals surface area contributed by atoms with E-state index >= 15 is 0 Å². The molecule has 0 unspecified atom stereocenters. The van der Waals surface area contributed by atoms with Gasteiger partial charge in [0.25, 0.3) is 0 Å². The van der Waals surface area contributed by atoms with Crippen molar-refractivity contribution < 1.29 is 4.79 Å². The number of aromatic nitrogens is 3. The molecule has 2 heterocycles. The van der Waals surface area contributed by atoms with E-state index in [9.17, 15) is 10.1 Å². The van der Waals surface area contributed by atoms with Gasteiger partial charge in [0, 0.05) is 12.3 Å². The molecule has 1 amide bonds. The van der Waals surface area contributed by atoms with Crippen molar-refractivity contribution >= 4 is 41.0 Å². The number of anilines is 1. The summed E-state index contributed by atoms with van der Waals surface area (Å²) in [6.45, 7) is 0. The Morgan fingerprint density at radius 3 is 2.77 bits per heavy atom. The Morgan fingerprint density at radius 2 is 2.08 bits per heavy atom. The van der Waals surface area contributed by atoms with E-state index in [0.29, 0.717) is 21.4 Å². The van der Waals surface area contributed by atoms with Gasteiger partial charge in [0.1, 0.15) is 11.6 Å². The third-order valence-electron chi connectivity index (χ3n) is 3.37. The smallest absolute Gasteiger partial charge is 0.249 e. The molecule has 0 aliphatic carbocycles. The summed E-state index contributed by atoms with van der Waals surface area (Å²) in [7, 11) is 0. The van der Waals surface area contributed by atoms with Crippen LogP contribution in [0.1, 0.15) is 11.1 Å². The summed E-state index contributed by atoms with van der Waals surface area (Å²) in [6, 6.07) is 12.3. The Hall–Kier alpha value is -3.14. The van der Waals surface area contributed by atoms with Crippen LogP contribution in [-0.2, 0) is 4.79 Å². The van der Waals surface area contributed by atoms with Crippen LogP contribution in [-0.4, -0.2) is 20.7 Å². The van der Waals surface area contributed by atoms with Gasteiger partial charge in [0.15, 0.2) is 11.6 Å². The van der Waals surface area contributed by atoms with Crippen LogP contribution in [0.3, 0.4) is 0 Å². The lowest BCUT2D eigenvalue weighted by Gasteiger charge is -2.07. The summed E-state index contributed by atoms with van der Waals surface area (Å²) < 4.78 is 1.39. The molecule has 0 saturated carbocycles. The number of carbonyl (C=O) groups is 1. The van der Waals surface area contributed by atoms with Gasteiger partial charge >= 0.3 is 0 Å². The second-order valence-corrected chi connectivity index (χ2v) is 5.93. The average molecular weight is 384 g/mol. The summed E-state index contributed by atoms with van der Waals surface area (Å²) in [5.41, 5.74) is 0.945. The first-order chi connectivity index (χ1) is 12.6. The third-order valence-corrected chi connectivity index (χ3v) is 4.11. The van der Waals surface area contributed by atoms with Gasteiger partial charge in [-0.1, -0.05) is 35.3 Å². The minimum atomic E-state index is -0.426. The molecular weight excluding hydrogens is 373 g/mol. The predicted octanol–water partition coefficient (Wildman–Crippen LogP) is 4.10. The molecule has 0 bridgehead atoms. The van der Waals surface area contributed by atoms with E-state index < -0.39 is 5.91 Å². The maximum Gasteiger partial charge on any atom is 0.249 e. The van der Waals surface area contributed by atoms with Gasteiger partial charge in [-0.05, 0) is 35.9 Å². The van der Waals surface area contributed by atoms with Crippen LogP contribution < -0.4 is 5.32 Å². The van der Waals surface area contributed by atoms with Crippen LogP contribution in [0.5, 0.6) is 0 Å². The molecule has 3 rings (SSSR count). The van der Waals surface area contributed by atoms with Crippen molar-refractivity contribution in [3.8, 4) is 11.9 Å². The highest BCUT2D eigenvalue weighted by molar-refractivity contribution is 6.42. The number of nitriles is 1. The van der Waals surface area contributed by atoms with Gasteiger partial charge in [-0.15, -0.1) is 0 Å². The van der Waals surface area contributed by atoms with Crippen molar-refractivity contribution in [3.05, 3.63) is 76.0 Å². The fourth-order valence-electron chi connectivity index (χ4n) is 2.15. The average Bonchev–Trinajstić information content (AvgIpc) is 3.06. The lowest BCUT2D eigenvalue weighted by Crippen LogP contribution is -2.13. The number of benzene rings is 1. The minimum absolute atomic E-state index is 0.229. The van der Waals surface area contributed by atoms with E-state index in [1.165, 1.54) is 17.0 Å². The first kappa shape index (κ1) is 17.7. The molecule has 0 aliphatic rings. The Balaban J connectivity index is 1.83. The van der Waals surface area contributed by atoms with E-state index in [4.69, 9.17) is 23.2 Å². The van der Waals surface area contributed by atoms with E-state index in [0.717, 1.165) is 0 Å². The normalized spacial score (nSPS) is 10.7. The molecule has 3 aromatic rings. The molecule has 1 N–H and O–H groups in total. The quantitative estimate of drug-likeness (QED) is 0.687. The van der Waals surface area contributed by atoms with Crippen LogP contribution in [0, 0.1) is 11.3 Å². The van der Waals surface area contributed by atoms with E-state index in [-0.39, 0.29) is 11.4 Å². The molecular formula is C18H11Cl2N5O. The number of carbonyl (C=O) groups excluding carboxylic acids is 1. The first-order valence-corrected chi connectivity index (χ1v) is 8.17. The number of halogens is 2. The van der Waals surface area contributed by atoms with Gasteiger partial charge in [-0.3, -0.25) is 4.79 Å². The molecule has 0 atom stereocenters. The van der Waals surface area contributed by atoms with Crippen LogP contribution in [0.4, 0.5) is 5.82 Å². The van der Waals surface area contributed by atoms with Gasteiger partial charge in [0.05, 0.1) is 16.2 Å². The number of pyridine rings is 1. The van der Waals surface area contributed by atoms with Crippen molar-refractivity contribution in [2.24, 2.45) is 0 Å². The number of amides is 1. The lowest BCUT2D eigenvalue weighted by molar-refractivity contribution is -0.111. The molecule has 0 aliphatic heterocycles. The number of nitrogens with zero attached hydrogens (tertiary/aromatic N) is 4. The van der Waals surface area contributed by atoms with Gasteiger partial charge in [-0.2, -0.15) is 15.0 Å². The van der Waals surface area contributed by atoms with Gasteiger partial charge < -0.3 is 5.32 Å². The van der Waals surface area contributed by atoms with E-state index in [2.05, 4.69) is 15.4 Å². The second kappa shape index (κ2) is 7.83. The van der Waals surface area contributed by atoms with Crippen molar-refractivity contribution in [3.63, 3.8) is 0 Å². The van der Waals surface area contributed by atoms with Crippen molar-refractivity contribution in [2.75, 3.05) is 5.32 Å². The van der Waals surface area contributed by atoms with Crippen molar-refractivity contribution in [1.82, 2.24) is 14.8 Å². The number of hydrogen-bond acceptors (Lipinski definition) is 4. The monoisotopic (exact) mass is 383 g/mol. The molecule has 128 valence electrons. The molecule has 2 aromatic heterocycles. The minimum Gasteiger partial charge on any atom is -0.306 e. The molecule has 0 spiro atoms. The van der Waals surface area contributed by atoms with E-state index in [1.807, 2.05) is 6.07 Å². The summed E-state index contributed by atoms with van der Waals surface area (Å²) in [5.74, 6) is 0.304. The fraction of sp³-hybridized carbons (Fsp3) is 0. The summed E-state index contributed by atoms with van der Waals surface area (Å²) >= 11 is 11.8. The van der Waals surface area contributed by atoms with Crippen LogP contribution >= 0.6 is 23.2 Å². The highest BCUT2D eigenvalue weighted by Crippen LogP contribution is 2.23. The second-order valence-electron chi connectivity index (χ2n) is 5.11. The Labute approximate surface area is 159 Å². The zero-order chi connectivity index (χ0) is 18.5. The highest BCUT2D eigenvalue weighted by Gasteiger charge is 2.14. The standard InChI is InChI=1S/C18H11Cl2N5O/c19-14-6-4-12(9-15(14)20)5-7-17(26)24-18-13(10-21)11-23-25(18)16-3-1-2-8-22-16/h1-9,11H,(H,24,26)/b7-5+. The molecule has 8 heteroatoms. The summed E-state index contributed by atoms with van der Waals surface area (Å²) in [6.07, 6.45) is 5.88. The number of rotatable bonds is 4. The molecule has 6 nitrogen and oxygen atoms in total. The summed E-state index contributed by atoms with van der Waals surface area (Å²) in [4.78, 5) is 16.4. The fourth-order valence-corrected chi connectivity index (χ4v) is 2.46. The maximum absolute atomic E-state index is 12.3. The Kier molecular flexibility index (Phi) is 5.32. The molecule has 1 aromatic carbocycles. The third kappa shape index (κ3) is 3.91. The van der Waals surface area contributed by atoms with E-state index in [1.54, 1.807) is 48.7 Å². The SMILES string of the molecule is N#Cc1cnn(-c2ccccn2)c1NC(=O)/C=C/c1ccc(Cl)c(Cl)c1. The van der Waals surface area contributed by atoms with Crippen molar-refractivity contribution in [2.45, 2.75) is 0 Å². The highest BCUT2D eigenvalue weighted by atomic mass is 35.5. The van der Waals surface area contributed by atoms with Gasteiger partial charge in [0.2, 0.25) is 5.91 Å². The maximum atomic E-state index is 12.3. The zero-order valence-electron chi connectivity index (χ0n) is 13.2. The Morgan fingerprint density at radius 1 is 1.23 bits per heavy atom. The molecule has 26 heavy (non-hydrogen) atoms.